The maximum absolute atomic E-state index is 12.4. The standard InChI is InChI=1S/C16H23N3O3S2/c1-3-16(4-2)14(21)19(15(22)18-16)10-13(20)17-7-9-23-11-12-6-5-8-24-12/h5-6,8H,3-4,7,9-11H2,1-2H3,(H,17,20)(H,18,22). The molecule has 8 heteroatoms. The molecule has 1 fully saturated rings. The molecule has 2 N–H and O–H groups in total. The predicted octanol–water partition coefficient (Wildman–Crippen LogP) is 2.21. The van der Waals surface area contributed by atoms with Gasteiger partial charge in [-0.25, -0.2) is 4.79 Å². The van der Waals surface area contributed by atoms with Crippen LogP contribution in [0.3, 0.4) is 0 Å². The average molecular weight is 370 g/mol. The zero-order chi connectivity index (χ0) is 17.6. The van der Waals surface area contributed by atoms with Crippen LogP contribution in [0.2, 0.25) is 0 Å². The predicted molar refractivity (Wildman–Crippen MR) is 97.0 cm³/mol. The first-order chi connectivity index (χ1) is 11.5. The monoisotopic (exact) mass is 369 g/mol. The molecule has 132 valence electrons. The molecule has 0 atom stereocenters. The number of thioether (sulfide) groups is 1. The highest BCUT2D eigenvalue weighted by atomic mass is 32.2. The van der Waals surface area contributed by atoms with Crippen molar-refractivity contribution in [2.24, 2.45) is 0 Å². The van der Waals surface area contributed by atoms with Gasteiger partial charge in [0.15, 0.2) is 0 Å². The molecular weight excluding hydrogens is 346 g/mol. The zero-order valence-corrected chi connectivity index (χ0v) is 15.6. The van der Waals surface area contributed by atoms with Gasteiger partial charge >= 0.3 is 6.03 Å². The van der Waals surface area contributed by atoms with Gasteiger partial charge in [-0.3, -0.25) is 14.5 Å². The summed E-state index contributed by atoms with van der Waals surface area (Å²) in [5.74, 6) is 1.10. The second-order valence-corrected chi connectivity index (χ2v) is 7.73. The highest BCUT2D eigenvalue weighted by Gasteiger charge is 2.49. The van der Waals surface area contributed by atoms with Gasteiger partial charge in [0.25, 0.3) is 5.91 Å². The maximum atomic E-state index is 12.4. The molecular formula is C16H23N3O3S2. The Labute approximate surface area is 150 Å². The Bertz CT molecular complexity index is 585. The molecule has 0 spiro atoms. The van der Waals surface area contributed by atoms with Crippen LogP contribution in [0.1, 0.15) is 31.6 Å². The lowest BCUT2D eigenvalue weighted by Gasteiger charge is -2.22. The molecule has 0 radical (unpaired) electrons. The third-order valence-corrected chi connectivity index (χ3v) is 6.21. The van der Waals surface area contributed by atoms with E-state index in [9.17, 15) is 14.4 Å². The summed E-state index contributed by atoms with van der Waals surface area (Å²) in [7, 11) is 0. The number of hydrogen-bond acceptors (Lipinski definition) is 5. The second kappa shape index (κ2) is 8.53. The summed E-state index contributed by atoms with van der Waals surface area (Å²) in [6.07, 6.45) is 1.04. The number of amides is 4. The van der Waals surface area contributed by atoms with Crippen LogP contribution in [0.5, 0.6) is 0 Å². The van der Waals surface area contributed by atoms with Crippen molar-refractivity contribution >= 4 is 40.9 Å². The summed E-state index contributed by atoms with van der Waals surface area (Å²) in [6.45, 7) is 4.01. The molecule has 1 aliphatic heterocycles. The summed E-state index contributed by atoms with van der Waals surface area (Å²) < 4.78 is 0. The van der Waals surface area contributed by atoms with Crippen LogP contribution < -0.4 is 10.6 Å². The van der Waals surface area contributed by atoms with Gasteiger partial charge in [-0.1, -0.05) is 19.9 Å². The highest BCUT2D eigenvalue weighted by molar-refractivity contribution is 7.98. The number of nitrogens with zero attached hydrogens (tertiary/aromatic N) is 1. The summed E-state index contributed by atoms with van der Waals surface area (Å²) in [5, 5.41) is 7.53. The Morgan fingerprint density at radius 1 is 1.38 bits per heavy atom. The van der Waals surface area contributed by atoms with E-state index >= 15 is 0 Å². The smallest absolute Gasteiger partial charge is 0.325 e. The van der Waals surface area contributed by atoms with Gasteiger partial charge < -0.3 is 10.6 Å². The fraction of sp³-hybridized carbons (Fsp3) is 0.562. The molecule has 2 heterocycles. The normalized spacial score (nSPS) is 16.3. The average Bonchev–Trinajstić information content (AvgIpc) is 3.17. The van der Waals surface area contributed by atoms with Gasteiger partial charge in [-0.05, 0) is 24.3 Å². The van der Waals surface area contributed by atoms with Crippen molar-refractivity contribution in [3.05, 3.63) is 22.4 Å². The zero-order valence-electron chi connectivity index (χ0n) is 14.0. The highest BCUT2D eigenvalue weighted by Crippen LogP contribution is 2.24. The first-order valence-electron chi connectivity index (χ1n) is 8.03. The summed E-state index contributed by atoms with van der Waals surface area (Å²) in [4.78, 5) is 38.7. The maximum Gasteiger partial charge on any atom is 0.325 e. The van der Waals surface area contributed by atoms with Crippen molar-refractivity contribution in [3.63, 3.8) is 0 Å². The summed E-state index contributed by atoms with van der Waals surface area (Å²) in [6, 6.07) is 3.63. The van der Waals surface area contributed by atoms with Crippen LogP contribution in [0, 0.1) is 0 Å². The van der Waals surface area contributed by atoms with Crippen LogP contribution >= 0.6 is 23.1 Å². The van der Waals surface area contributed by atoms with Gasteiger partial charge in [0.05, 0.1) is 0 Å². The number of nitrogens with one attached hydrogen (secondary N) is 2. The lowest BCUT2D eigenvalue weighted by molar-refractivity contribution is -0.135. The molecule has 0 aromatic carbocycles. The van der Waals surface area contributed by atoms with Crippen molar-refractivity contribution in [2.75, 3.05) is 18.8 Å². The van der Waals surface area contributed by atoms with Crippen molar-refractivity contribution in [1.82, 2.24) is 15.5 Å². The minimum absolute atomic E-state index is 0.220. The SMILES string of the molecule is CCC1(CC)NC(=O)N(CC(=O)NCCSCc2cccs2)C1=O. The van der Waals surface area contributed by atoms with Crippen molar-refractivity contribution in [3.8, 4) is 0 Å². The topological polar surface area (TPSA) is 78.5 Å². The van der Waals surface area contributed by atoms with E-state index < -0.39 is 11.6 Å². The molecule has 1 saturated heterocycles. The molecule has 2 rings (SSSR count). The molecule has 0 saturated carbocycles. The summed E-state index contributed by atoms with van der Waals surface area (Å²) in [5.41, 5.74) is -0.853. The number of thiophene rings is 1. The molecule has 1 aliphatic rings. The van der Waals surface area contributed by atoms with Gasteiger partial charge in [-0.2, -0.15) is 11.8 Å². The Morgan fingerprint density at radius 3 is 2.71 bits per heavy atom. The molecule has 4 amide bonds. The number of carbonyl (C=O) groups excluding carboxylic acids is 3. The molecule has 0 aliphatic carbocycles. The van der Waals surface area contributed by atoms with E-state index in [4.69, 9.17) is 0 Å². The molecule has 1 aromatic heterocycles. The van der Waals surface area contributed by atoms with E-state index in [0.29, 0.717) is 19.4 Å². The number of carbonyl (C=O) groups is 3. The fourth-order valence-corrected chi connectivity index (χ4v) is 4.28. The van der Waals surface area contributed by atoms with Gasteiger partial charge in [0.2, 0.25) is 5.91 Å². The van der Waals surface area contributed by atoms with E-state index in [0.717, 1.165) is 16.4 Å². The van der Waals surface area contributed by atoms with Crippen LogP contribution in [0.25, 0.3) is 0 Å². The van der Waals surface area contributed by atoms with Gasteiger partial charge in [0.1, 0.15) is 12.1 Å². The largest absolute Gasteiger partial charge is 0.354 e. The molecule has 6 nitrogen and oxygen atoms in total. The quantitative estimate of drug-likeness (QED) is 0.517. The lowest BCUT2D eigenvalue weighted by Crippen LogP contribution is -2.46. The lowest BCUT2D eigenvalue weighted by atomic mass is 9.93. The summed E-state index contributed by atoms with van der Waals surface area (Å²) >= 11 is 3.46. The van der Waals surface area contributed by atoms with Crippen LogP contribution in [-0.4, -0.2) is 47.1 Å². The van der Waals surface area contributed by atoms with Crippen LogP contribution in [0.4, 0.5) is 4.79 Å². The molecule has 24 heavy (non-hydrogen) atoms. The van der Waals surface area contributed by atoms with E-state index in [-0.39, 0.29) is 18.4 Å². The number of imide groups is 1. The van der Waals surface area contributed by atoms with E-state index in [2.05, 4.69) is 16.7 Å². The van der Waals surface area contributed by atoms with Crippen LogP contribution in [0.15, 0.2) is 17.5 Å². The van der Waals surface area contributed by atoms with Crippen LogP contribution in [-0.2, 0) is 15.3 Å². The third-order valence-electron chi connectivity index (χ3n) is 4.15. The van der Waals surface area contributed by atoms with E-state index in [1.165, 1.54) is 4.88 Å². The molecule has 0 bridgehead atoms. The first-order valence-corrected chi connectivity index (χ1v) is 10.1. The minimum Gasteiger partial charge on any atom is -0.354 e. The third kappa shape index (κ3) is 4.30. The van der Waals surface area contributed by atoms with Gasteiger partial charge in [-0.15, -0.1) is 11.3 Å². The second-order valence-electron chi connectivity index (χ2n) is 5.59. The minimum atomic E-state index is -0.853. The van der Waals surface area contributed by atoms with Crippen molar-refractivity contribution in [2.45, 2.75) is 38.0 Å². The number of hydrogen-bond donors (Lipinski definition) is 2. The Morgan fingerprint density at radius 2 is 2.12 bits per heavy atom. The van der Waals surface area contributed by atoms with Crippen molar-refractivity contribution in [1.29, 1.82) is 0 Å². The first kappa shape index (κ1) is 18.8. The number of urea groups is 1. The van der Waals surface area contributed by atoms with E-state index in [1.807, 2.05) is 25.3 Å². The Kier molecular flexibility index (Phi) is 6.68. The Balaban J connectivity index is 1.72. The Hall–Kier alpha value is -1.54. The number of rotatable bonds is 9. The molecule has 0 unspecified atom stereocenters. The van der Waals surface area contributed by atoms with Gasteiger partial charge in [0, 0.05) is 22.9 Å². The molecule has 1 aromatic rings. The van der Waals surface area contributed by atoms with E-state index in [1.54, 1.807) is 23.1 Å². The van der Waals surface area contributed by atoms with Crippen molar-refractivity contribution < 1.29 is 14.4 Å². The fourth-order valence-electron chi connectivity index (χ4n) is 2.58.